The first-order chi connectivity index (χ1) is 8.96. The Morgan fingerprint density at radius 2 is 2.05 bits per heavy atom. The summed E-state index contributed by atoms with van der Waals surface area (Å²) >= 11 is 0. The Kier molecular flexibility index (Phi) is 3.95. The predicted molar refractivity (Wildman–Crippen MR) is 75.8 cm³/mol. The van der Waals surface area contributed by atoms with E-state index in [1.165, 1.54) is 11.1 Å². The van der Waals surface area contributed by atoms with Gasteiger partial charge in [0, 0.05) is 5.92 Å². The predicted octanol–water partition coefficient (Wildman–Crippen LogP) is 2.43. The number of benzene rings is 1. The van der Waals surface area contributed by atoms with Crippen LogP contribution >= 0.6 is 0 Å². The van der Waals surface area contributed by atoms with Crippen LogP contribution in [0, 0.1) is 19.8 Å². The van der Waals surface area contributed by atoms with Gasteiger partial charge in [0.15, 0.2) is 0 Å². The fourth-order valence-electron chi connectivity index (χ4n) is 2.33. The zero-order valence-electron chi connectivity index (χ0n) is 12.0. The van der Waals surface area contributed by atoms with Gasteiger partial charge in [0.1, 0.15) is 0 Å². The number of aliphatic hydroxyl groups is 1. The summed E-state index contributed by atoms with van der Waals surface area (Å²) in [6.07, 6.45) is 3.08. The zero-order valence-corrected chi connectivity index (χ0v) is 12.0. The Bertz CT molecular complexity index is 480. The SMILES string of the molecule is Cc1ccc(C(C)(CO)NC(=O)C2CCC2)cc1C. The molecule has 1 unspecified atom stereocenters. The van der Waals surface area contributed by atoms with Crippen LogP contribution in [0.25, 0.3) is 0 Å². The molecule has 0 radical (unpaired) electrons. The molecule has 3 heteroatoms. The molecule has 3 nitrogen and oxygen atoms in total. The van der Waals surface area contributed by atoms with E-state index >= 15 is 0 Å². The first-order valence-corrected chi connectivity index (χ1v) is 6.97. The quantitative estimate of drug-likeness (QED) is 0.874. The normalized spacial score (nSPS) is 18.5. The van der Waals surface area contributed by atoms with Crippen LogP contribution < -0.4 is 5.32 Å². The highest BCUT2D eigenvalue weighted by atomic mass is 16.3. The molecule has 1 aromatic rings. The topological polar surface area (TPSA) is 49.3 Å². The van der Waals surface area contributed by atoms with Crippen LogP contribution in [-0.2, 0) is 10.3 Å². The highest BCUT2D eigenvalue weighted by Gasteiger charge is 2.33. The van der Waals surface area contributed by atoms with Gasteiger partial charge in [-0.15, -0.1) is 0 Å². The molecule has 0 bridgehead atoms. The van der Waals surface area contributed by atoms with Gasteiger partial charge in [-0.2, -0.15) is 0 Å². The molecule has 1 saturated carbocycles. The molecule has 1 aliphatic carbocycles. The van der Waals surface area contributed by atoms with E-state index in [1.807, 2.05) is 32.0 Å². The second-order valence-corrected chi connectivity index (χ2v) is 5.91. The van der Waals surface area contributed by atoms with Crippen molar-refractivity contribution >= 4 is 5.91 Å². The Labute approximate surface area is 115 Å². The van der Waals surface area contributed by atoms with Crippen LogP contribution in [-0.4, -0.2) is 17.6 Å². The smallest absolute Gasteiger partial charge is 0.223 e. The van der Waals surface area contributed by atoms with Crippen molar-refractivity contribution in [3.8, 4) is 0 Å². The molecule has 0 heterocycles. The van der Waals surface area contributed by atoms with Gasteiger partial charge in [-0.25, -0.2) is 0 Å². The van der Waals surface area contributed by atoms with E-state index in [2.05, 4.69) is 12.2 Å². The van der Waals surface area contributed by atoms with Gasteiger partial charge in [-0.3, -0.25) is 4.79 Å². The van der Waals surface area contributed by atoms with Gasteiger partial charge in [-0.05, 0) is 50.3 Å². The van der Waals surface area contributed by atoms with E-state index < -0.39 is 5.54 Å². The second-order valence-electron chi connectivity index (χ2n) is 5.91. The van der Waals surface area contributed by atoms with Crippen LogP contribution in [0.2, 0.25) is 0 Å². The molecule has 0 spiro atoms. The third kappa shape index (κ3) is 2.81. The molecule has 0 aromatic heterocycles. The summed E-state index contributed by atoms with van der Waals surface area (Å²) in [7, 11) is 0. The highest BCUT2D eigenvalue weighted by Crippen LogP contribution is 2.29. The number of hydrogen-bond acceptors (Lipinski definition) is 2. The summed E-state index contributed by atoms with van der Waals surface area (Å²) in [6.45, 7) is 5.90. The van der Waals surface area contributed by atoms with Crippen LogP contribution in [0.1, 0.15) is 42.9 Å². The van der Waals surface area contributed by atoms with Crippen molar-refractivity contribution in [1.82, 2.24) is 5.32 Å². The monoisotopic (exact) mass is 261 g/mol. The molecule has 1 amide bonds. The lowest BCUT2D eigenvalue weighted by atomic mass is 9.83. The molecule has 1 fully saturated rings. The first-order valence-electron chi connectivity index (χ1n) is 6.97. The highest BCUT2D eigenvalue weighted by molar-refractivity contribution is 5.80. The number of carbonyl (C=O) groups excluding carboxylic acids is 1. The molecule has 104 valence electrons. The Hall–Kier alpha value is -1.35. The Balaban J connectivity index is 2.20. The molecular formula is C16H23NO2. The summed E-state index contributed by atoms with van der Waals surface area (Å²) in [4.78, 5) is 12.1. The summed E-state index contributed by atoms with van der Waals surface area (Å²) < 4.78 is 0. The van der Waals surface area contributed by atoms with E-state index in [1.54, 1.807) is 0 Å². The minimum absolute atomic E-state index is 0.0704. The van der Waals surface area contributed by atoms with E-state index in [4.69, 9.17) is 0 Å². The van der Waals surface area contributed by atoms with Crippen molar-refractivity contribution in [3.05, 3.63) is 34.9 Å². The molecule has 2 rings (SSSR count). The van der Waals surface area contributed by atoms with Gasteiger partial charge in [-0.1, -0.05) is 24.6 Å². The maximum atomic E-state index is 12.1. The summed E-state index contributed by atoms with van der Waals surface area (Å²) in [6, 6.07) is 6.07. The molecule has 0 aliphatic heterocycles. The maximum Gasteiger partial charge on any atom is 0.223 e. The number of hydrogen-bond donors (Lipinski definition) is 2. The van der Waals surface area contributed by atoms with Crippen molar-refractivity contribution in [3.63, 3.8) is 0 Å². The number of rotatable bonds is 4. The molecule has 0 saturated heterocycles. The fraction of sp³-hybridized carbons (Fsp3) is 0.562. The van der Waals surface area contributed by atoms with Gasteiger partial charge in [0.05, 0.1) is 12.1 Å². The maximum absolute atomic E-state index is 12.1. The molecule has 1 aliphatic rings. The standard InChI is InChI=1S/C16H23NO2/c1-11-7-8-14(9-12(11)2)16(3,10-18)17-15(19)13-5-4-6-13/h7-9,13,18H,4-6,10H2,1-3H3,(H,17,19). The van der Waals surface area contributed by atoms with Crippen LogP contribution in [0.4, 0.5) is 0 Å². The third-order valence-electron chi connectivity index (χ3n) is 4.34. The fourth-order valence-corrected chi connectivity index (χ4v) is 2.33. The largest absolute Gasteiger partial charge is 0.394 e. The molecular weight excluding hydrogens is 238 g/mol. The van der Waals surface area contributed by atoms with E-state index in [0.29, 0.717) is 0 Å². The number of carbonyl (C=O) groups is 1. The average molecular weight is 261 g/mol. The van der Waals surface area contributed by atoms with Crippen LogP contribution in [0.5, 0.6) is 0 Å². The molecule has 1 aromatic carbocycles. The van der Waals surface area contributed by atoms with Crippen LogP contribution in [0.3, 0.4) is 0 Å². The lowest BCUT2D eigenvalue weighted by Crippen LogP contribution is -2.49. The van der Waals surface area contributed by atoms with Crippen molar-refractivity contribution in [1.29, 1.82) is 0 Å². The van der Waals surface area contributed by atoms with Crippen molar-refractivity contribution in [2.24, 2.45) is 5.92 Å². The molecule has 2 N–H and O–H groups in total. The minimum Gasteiger partial charge on any atom is -0.394 e. The number of nitrogens with one attached hydrogen (secondary N) is 1. The van der Waals surface area contributed by atoms with Gasteiger partial charge in [0.2, 0.25) is 5.91 Å². The molecule has 1 atom stereocenters. The first kappa shape index (κ1) is 14.1. The molecule has 19 heavy (non-hydrogen) atoms. The third-order valence-corrected chi connectivity index (χ3v) is 4.34. The van der Waals surface area contributed by atoms with E-state index in [0.717, 1.165) is 24.8 Å². The number of amides is 1. The van der Waals surface area contributed by atoms with E-state index in [-0.39, 0.29) is 18.4 Å². The Morgan fingerprint density at radius 3 is 2.53 bits per heavy atom. The van der Waals surface area contributed by atoms with Gasteiger partial charge in [0.25, 0.3) is 0 Å². The summed E-state index contributed by atoms with van der Waals surface area (Å²) in [5.74, 6) is 0.207. The number of aliphatic hydroxyl groups excluding tert-OH is 1. The van der Waals surface area contributed by atoms with E-state index in [9.17, 15) is 9.90 Å². The average Bonchev–Trinajstić information content (AvgIpc) is 2.30. The second kappa shape index (κ2) is 5.33. The minimum atomic E-state index is -0.689. The van der Waals surface area contributed by atoms with Crippen molar-refractivity contribution in [2.45, 2.75) is 45.6 Å². The van der Waals surface area contributed by atoms with Crippen LogP contribution in [0.15, 0.2) is 18.2 Å². The van der Waals surface area contributed by atoms with Gasteiger partial charge >= 0.3 is 0 Å². The number of aryl methyl sites for hydroxylation is 2. The van der Waals surface area contributed by atoms with Gasteiger partial charge < -0.3 is 10.4 Å². The van der Waals surface area contributed by atoms with Crippen molar-refractivity contribution in [2.75, 3.05) is 6.61 Å². The summed E-state index contributed by atoms with van der Waals surface area (Å²) in [5.41, 5.74) is 2.67. The summed E-state index contributed by atoms with van der Waals surface area (Å²) in [5, 5.41) is 12.7. The van der Waals surface area contributed by atoms with Crippen molar-refractivity contribution < 1.29 is 9.90 Å². The zero-order chi connectivity index (χ0) is 14.0. The lowest BCUT2D eigenvalue weighted by molar-refractivity contribution is -0.130. The Morgan fingerprint density at radius 1 is 1.37 bits per heavy atom. The lowest BCUT2D eigenvalue weighted by Gasteiger charge is -2.34.